The molecule has 3 nitrogen and oxygen atoms in total. The highest BCUT2D eigenvalue weighted by Crippen LogP contribution is 2.34. The first-order chi connectivity index (χ1) is 10.5. The van der Waals surface area contributed by atoms with Crippen LogP contribution in [-0.2, 0) is 6.42 Å². The third-order valence-corrected chi connectivity index (χ3v) is 4.30. The van der Waals surface area contributed by atoms with E-state index < -0.39 is 5.82 Å². The number of fused-ring (bicyclic) bond motifs is 1. The highest BCUT2D eigenvalue weighted by molar-refractivity contribution is 9.10. The summed E-state index contributed by atoms with van der Waals surface area (Å²) in [6.45, 7) is 0.446. The molecule has 0 aliphatic carbocycles. The van der Waals surface area contributed by atoms with E-state index >= 15 is 0 Å². The molecular weight excluding hydrogens is 394 g/mol. The Labute approximate surface area is 145 Å². The summed E-state index contributed by atoms with van der Waals surface area (Å²) in [5, 5.41) is 0.258. The van der Waals surface area contributed by atoms with E-state index in [0.29, 0.717) is 22.3 Å². The van der Waals surface area contributed by atoms with Crippen LogP contribution in [-0.4, -0.2) is 17.4 Å². The topological polar surface area (TPSA) is 33.2 Å². The number of nitrogens with zero attached hydrogens (tertiary/aromatic N) is 2. The lowest BCUT2D eigenvalue weighted by molar-refractivity contribution is 0.0984. The monoisotopic (exact) mass is 402 g/mol. The van der Waals surface area contributed by atoms with Crippen molar-refractivity contribution >= 4 is 50.7 Å². The van der Waals surface area contributed by atoms with E-state index in [1.165, 1.54) is 23.1 Å². The minimum atomic E-state index is -0.427. The molecule has 0 atom stereocenters. The molecule has 0 radical (unpaired) electrons. The van der Waals surface area contributed by atoms with Crippen molar-refractivity contribution in [2.75, 3.05) is 11.4 Å². The van der Waals surface area contributed by atoms with Crippen LogP contribution in [0.25, 0.3) is 0 Å². The zero-order chi connectivity index (χ0) is 15.9. The molecule has 1 aromatic carbocycles. The standard InChI is InChI=1S/C15H10BrCl2FN2O/c16-10-4-8-2-1-3-21(14(8)11(19)7-10)15(22)9-5-12(17)20-13(18)6-9/h4-7H,1-3H2. The van der Waals surface area contributed by atoms with Gasteiger partial charge in [-0.1, -0.05) is 39.1 Å². The van der Waals surface area contributed by atoms with Gasteiger partial charge in [0.25, 0.3) is 5.91 Å². The largest absolute Gasteiger partial charge is 0.305 e. The summed E-state index contributed by atoms with van der Waals surface area (Å²) in [7, 11) is 0. The average Bonchev–Trinajstić information content (AvgIpc) is 2.44. The number of amides is 1. The van der Waals surface area contributed by atoms with E-state index in [2.05, 4.69) is 20.9 Å². The fourth-order valence-corrected chi connectivity index (χ4v) is 3.54. The van der Waals surface area contributed by atoms with Crippen molar-refractivity contribution < 1.29 is 9.18 Å². The number of halogens is 4. The molecule has 0 unspecified atom stereocenters. The van der Waals surface area contributed by atoms with Crippen molar-refractivity contribution in [3.8, 4) is 0 Å². The van der Waals surface area contributed by atoms with Crippen molar-refractivity contribution in [1.29, 1.82) is 0 Å². The summed E-state index contributed by atoms with van der Waals surface area (Å²) >= 11 is 15.0. The number of aromatic nitrogens is 1. The molecule has 0 saturated heterocycles. The molecule has 1 aromatic heterocycles. The number of aryl methyl sites for hydroxylation is 1. The van der Waals surface area contributed by atoms with Crippen molar-refractivity contribution in [3.63, 3.8) is 0 Å². The SMILES string of the molecule is O=C(c1cc(Cl)nc(Cl)c1)N1CCCc2cc(Br)cc(F)c21. The highest BCUT2D eigenvalue weighted by Gasteiger charge is 2.27. The Hall–Kier alpha value is -1.17. The molecule has 0 saturated carbocycles. The first kappa shape index (κ1) is 15.7. The summed E-state index contributed by atoms with van der Waals surface area (Å²) in [6, 6.07) is 6.06. The van der Waals surface area contributed by atoms with Crippen LogP contribution >= 0.6 is 39.1 Å². The molecule has 1 aliphatic heterocycles. The molecule has 114 valence electrons. The molecule has 7 heteroatoms. The maximum atomic E-state index is 14.3. The third-order valence-electron chi connectivity index (χ3n) is 3.46. The van der Waals surface area contributed by atoms with Gasteiger partial charge in [0, 0.05) is 16.6 Å². The number of benzene rings is 1. The Kier molecular flexibility index (Phi) is 4.39. The lowest BCUT2D eigenvalue weighted by Gasteiger charge is -2.30. The summed E-state index contributed by atoms with van der Waals surface area (Å²) in [6.07, 6.45) is 1.49. The lowest BCUT2D eigenvalue weighted by atomic mass is 10.0. The maximum absolute atomic E-state index is 14.3. The minimum absolute atomic E-state index is 0.129. The minimum Gasteiger partial charge on any atom is -0.305 e. The quantitative estimate of drug-likeness (QED) is 0.635. The average molecular weight is 404 g/mol. The van der Waals surface area contributed by atoms with Gasteiger partial charge in [-0.3, -0.25) is 4.79 Å². The Morgan fingerprint density at radius 3 is 2.59 bits per heavy atom. The zero-order valence-corrected chi connectivity index (χ0v) is 14.3. The Bertz CT molecular complexity index is 749. The van der Waals surface area contributed by atoms with Crippen LogP contribution < -0.4 is 4.90 Å². The van der Waals surface area contributed by atoms with Crippen LogP contribution in [0.5, 0.6) is 0 Å². The van der Waals surface area contributed by atoms with Gasteiger partial charge < -0.3 is 4.90 Å². The van der Waals surface area contributed by atoms with E-state index in [4.69, 9.17) is 23.2 Å². The van der Waals surface area contributed by atoms with Crippen LogP contribution in [0.1, 0.15) is 22.3 Å². The Morgan fingerprint density at radius 1 is 1.23 bits per heavy atom. The summed E-state index contributed by atoms with van der Waals surface area (Å²) in [5.74, 6) is -0.767. The fraction of sp³-hybridized carbons (Fsp3) is 0.200. The summed E-state index contributed by atoms with van der Waals surface area (Å²) in [5.41, 5.74) is 1.42. The molecular formula is C15H10BrCl2FN2O. The molecule has 0 fully saturated rings. The Balaban J connectivity index is 2.05. The smallest absolute Gasteiger partial charge is 0.258 e. The Morgan fingerprint density at radius 2 is 1.91 bits per heavy atom. The van der Waals surface area contributed by atoms with Crippen LogP contribution in [0.2, 0.25) is 10.3 Å². The van der Waals surface area contributed by atoms with Crippen molar-refractivity contribution in [3.05, 3.63) is 56.0 Å². The van der Waals surface area contributed by atoms with Gasteiger partial charge >= 0.3 is 0 Å². The fourth-order valence-electron chi connectivity index (χ4n) is 2.60. The van der Waals surface area contributed by atoms with Gasteiger partial charge in [0.15, 0.2) is 0 Å². The highest BCUT2D eigenvalue weighted by atomic mass is 79.9. The number of pyridine rings is 1. The molecule has 1 amide bonds. The predicted molar refractivity (Wildman–Crippen MR) is 88.4 cm³/mol. The zero-order valence-electron chi connectivity index (χ0n) is 11.2. The van der Waals surface area contributed by atoms with Gasteiger partial charge in [0.1, 0.15) is 16.1 Å². The van der Waals surface area contributed by atoms with E-state index in [1.807, 2.05) is 6.07 Å². The first-order valence-electron chi connectivity index (χ1n) is 6.58. The van der Waals surface area contributed by atoms with E-state index in [0.717, 1.165) is 18.4 Å². The van der Waals surface area contributed by atoms with Gasteiger partial charge in [-0.15, -0.1) is 0 Å². The maximum Gasteiger partial charge on any atom is 0.258 e. The summed E-state index contributed by atoms with van der Waals surface area (Å²) < 4.78 is 15.0. The van der Waals surface area contributed by atoms with Crippen LogP contribution in [0, 0.1) is 5.82 Å². The molecule has 0 spiro atoms. The normalized spacial score (nSPS) is 13.9. The second kappa shape index (κ2) is 6.14. The summed E-state index contributed by atoms with van der Waals surface area (Å²) in [4.78, 5) is 18.0. The molecule has 0 bridgehead atoms. The number of rotatable bonds is 1. The molecule has 3 rings (SSSR count). The van der Waals surface area contributed by atoms with E-state index in [-0.39, 0.29) is 16.2 Å². The van der Waals surface area contributed by atoms with Crippen LogP contribution in [0.15, 0.2) is 28.7 Å². The van der Waals surface area contributed by atoms with Gasteiger partial charge in [-0.05, 0) is 42.7 Å². The third kappa shape index (κ3) is 2.98. The first-order valence-corrected chi connectivity index (χ1v) is 8.13. The second-order valence-electron chi connectivity index (χ2n) is 4.96. The van der Waals surface area contributed by atoms with Gasteiger partial charge in [-0.2, -0.15) is 0 Å². The van der Waals surface area contributed by atoms with E-state index in [1.54, 1.807) is 0 Å². The van der Waals surface area contributed by atoms with Crippen LogP contribution in [0.4, 0.5) is 10.1 Å². The number of hydrogen-bond acceptors (Lipinski definition) is 2. The molecule has 2 heterocycles. The predicted octanol–water partition coefficient (Wildman–Crippen LogP) is 4.88. The number of carbonyl (C=O) groups is 1. The molecule has 22 heavy (non-hydrogen) atoms. The van der Waals surface area contributed by atoms with Crippen molar-refractivity contribution in [1.82, 2.24) is 4.98 Å². The van der Waals surface area contributed by atoms with Crippen molar-refractivity contribution in [2.24, 2.45) is 0 Å². The molecule has 2 aromatic rings. The number of carbonyl (C=O) groups excluding carboxylic acids is 1. The van der Waals surface area contributed by atoms with Gasteiger partial charge in [-0.25, -0.2) is 9.37 Å². The van der Waals surface area contributed by atoms with Gasteiger partial charge in [0.2, 0.25) is 0 Å². The number of hydrogen-bond donors (Lipinski definition) is 0. The van der Waals surface area contributed by atoms with Crippen molar-refractivity contribution in [2.45, 2.75) is 12.8 Å². The molecule has 0 N–H and O–H groups in total. The number of anilines is 1. The lowest BCUT2D eigenvalue weighted by Crippen LogP contribution is -2.36. The van der Waals surface area contributed by atoms with Gasteiger partial charge in [0.05, 0.1) is 5.69 Å². The molecule has 1 aliphatic rings. The van der Waals surface area contributed by atoms with Crippen LogP contribution in [0.3, 0.4) is 0 Å². The van der Waals surface area contributed by atoms with E-state index in [9.17, 15) is 9.18 Å². The second-order valence-corrected chi connectivity index (χ2v) is 6.65.